The van der Waals surface area contributed by atoms with E-state index < -0.39 is 6.10 Å². The molecule has 0 saturated carbocycles. The molecule has 0 bridgehead atoms. The van der Waals surface area contributed by atoms with Crippen molar-refractivity contribution in [3.05, 3.63) is 85.1 Å². The number of unbranched alkanes of at least 4 members (excludes halogenated alkanes) is 41. The van der Waals surface area contributed by atoms with E-state index in [4.69, 9.17) is 14.2 Å². The van der Waals surface area contributed by atoms with Crippen LogP contribution in [-0.2, 0) is 28.6 Å². The van der Waals surface area contributed by atoms with E-state index in [1.165, 1.54) is 231 Å². The van der Waals surface area contributed by atoms with E-state index in [0.717, 1.165) is 89.9 Å². The molecule has 1 atom stereocenters. The SMILES string of the molecule is CC/C=C\C/C=C\C/C=C\C/C=C\C/C=C\C/C=C\CCCCC(=O)OC(COC(=O)CCCCCCCCC/C=C\CCCCCCCC)COC(=O)CCCCCCCCCCCCCCCCCCCCCCCCCCCCC. The molecule has 0 aliphatic rings. The zero-order valence-corrected chi connectivity index (χ0v) is 55.2. The van der Waals surface area contributed by atoms with Gasteiger partial charge in [0.05, 0.1) is 0 Å². The van der Waals surface area contributed by atoms with Gasteiger partial charge in [-0.15, -0.1) is 0 Å². The molecule has 0 aliphatic carbocycles. The van der Waals surface area contributed by atoms with Gasteiger partial charge in [0.1, 0.15) is 13.2 Å². The normalized spacial score (nSPS) is 12.6. The number of hydrogen-bond donors (Lipinski definition) is 0. The van der Waals surface area contributed by atoms with Crippen LogP contribution < -0.4 is 0 Å². The largest absolute Gasteiger partial charge is 0.462 e. The van der Waals surface area contributed by atoms with Crippen molar-refractivity contribution < 1.29 is 28.6 Å². The van der Waals surface area contributed by atoms with Crippen LogP contribution in [-0.4, -0.2) is 37.2 Å². The summed E-state index contributed by atoms with van der Waals surface area (Å²) in [5.41, 5.74) is 0. The van der Waals surface area contributed by atoms with Crippen LogP contribution in [0.4, 0.5) is 0 Å². The molecule has 0 heterocycles. The lowest BCUT2D eigenvalue weighted by Gasteiger charge is -2.18. The van der Waals surface area contributed by atoms with E-state index in [1.54, 1.807) is 0 Å². The maximum atomic E-state index is 12.9. The smallest absolute Gasteiger partial charge is 0.306 e. The highest BCUT2D eigenvalue weighted by Gasteiger charge is 2.19. The van der Waals surface area contributed by atoms with Gasteiger partial charge in [0.2, 0.25) is 0 Å². The monoisotopic (exact) mass is 1160 g/mol. The number of esters is 3. The lowest BCUT2D eigenvalue weighted by Crippen LogP contribution is -2.30. The second-order valence-corrected chi connectivity index (χ2v) is 24.1. The minimum Gasteiger partial charge on any atom is -0.462 e. The molecule has 0 amide bonds. The van der Waals surface area contributed by atoms with Crippen LogP contribution in [0.5, 0.6) is 0 Å². The van der Waals surface area contributed by atoms with Gasteiger partial charge in [-0.1, -0.05) is 337 Å². The highest BCUT2D eigenvalue weighted by Crippen LogP contribution is 2.18. The number of carbonyl (C=O) groups is 3. The number of hydrogen-bond acceptors (Lipinski definition) is 6. The van der Waals surface area contributed by atoms with Gasteiger partial charge in [0.25, 0.3) is 0 Å². The molecule has 83 heavy (non-hydrogen) atoms. The Morgan fingerprint density at radius 1 is 0.253 bits per heavy atom. The van der Waals surface area contributed by atoms with Crippen molar-refractivity contribution in [2.75, 3.05) is 13.2 Å². The van der Waals surface area contributed by atoms with Gasteiger partial charge in [-0.05, 0) is 96.3 Å². The zero-order valence-electron chi connectivity index (χ0n) is 55.2. The molecule has 0 spiro atoms. The summed E-state index contributed by atoms with van der Waals surface area (Å²) in [6.45, 7) is 6.54. The third-order valence-corrected chi connectivity index (χ3v) is 15.9. The van der Waals surface area contributed by atoms with Gasteiger partial charge >= 0.3 is 17.9 Å². The van der Waals surface area contributed by atoms with Crippen molar-refractivity contribution >= 4 is 17.9 Å². The van der Waals surface area contributed by atoms with E-state index in [-0.39, 0.29) is 37.5 Å². The molecule has 0 aromatic carbocycles. The van der Waals surface area contributed by atoms with E-state index in [1.807, 2.05) is 0 Å². The molecule has 1 unspecified atom stereocenters. The van der Waals surface area contributed by atoms with Crippen LogP contribution in [0.15, 0.2) is 85.1 Å². The molecule has 0 aliphatic heterocycles. The maximum absolute atomic E-state index is 12.9. The highest BCUT2D eigenvalue weighted by atomic mass is 16.6. The Morgan fingerprint density at radius 2 is 0.470 bits per heavy atom. The molecule has 0 aromatic rings. The molecule has 0 aromatic heterocycles. The summed E-state index contributed by atoms with van der Waals surface area (Å²) in [5, 5.41) is 0. The lowest BCUT2D eigenvalue weighted by molar-refractivity contribution is -0.167. The fourth-order valence-electron chi connectivity index (χ4n) is 10.5. The summed E-state index contributed by atoms with van der Waals surface area (Å²) >= 11 is 0. The van der Waals surface area contributed by atoms with Gasteiger partial charge in [-0.2, -0.15) is 0 Å². The van der Waals surface area contributed by atoms with Crippen molar-refractivity contribution in [3.8, 4) is 0 Å². The average molecular weight is 1160 g/mol. The molecule has 0 fully saturated rings. The Kier molecular flexibility index (Phi) is 68.2. The molecular formula is C77H136O6. The maximum Gasteiger partial charge on any atom is 0.306 e. The van der Waals surface area contributed by atoms with Gasteiger partial charge in [0, 0.05) is 19.3 Å². The quantitative estimate of drug-likeness (QED) is 0.0261. The minimum atomic E-state index is -0.803. The van der Waals surface area contributed by atoms with Crippen LogP contribution in [0.3, 0.4) is 0 Å². The van der Waals surface area contributed by atoms with Gasteiger partial charge in [0.15, 0.2) is 6.10 Å². The first-order valence-corrected chi connectivity index (χ1v) is 36.1. The molecule has 0 saturated heterocycles. The number of carbonyl (C=O) groups excluding carboxylic acids is 3. The molecule has 0 N–H and O–H groups in total. The van der Waals surface area contributed by atoms with E-state index in [0.29, 0.717) is 19.3 Å². The second kappa shape index (κ2) is 71.1. The number of allylic oxidation sites excluding steroid dienone is 14. The average Bonchev–Trinajstić information content (AvgIpc) is 3.50. The number of rotatable bonds is 66. The first-order chi connectivity index (χ1) is 41.0. The van der Waals surface area contributed by atoms with Crippen LogP contribution in [0.1, 0.15) is 367 Å². The van der Waals surface area contributed by atoms with E-state index in [2.05, 4.69) is 106 Å². The molecule has 0 radical (unpaired) electrons. The Balaban J connectivity index is 4.35. The van der Waals surface area contributed by atoms with Crippen molar-refractivity contribution in [2.24, 2.45) is 0 Å². The summed E-state index contributed by atoms with van der Waals surface area (Å²) in [5.74, 6) is -0.921. The first kappa shape index (κ1) is 79.6. The van der Waals surface area contributed by atoms with E-state index >= 15 is 0 Å². The van der Waals surface area contributed by atoms with Gasteiger partial charge in [-0.25, -0.2) is 0 Å². The Bertz CT molecular complexity index is 1570. The summed E-state index contributed by atoms with van der Waals surface area (Å²) in [4.78, 5) is 38.5. The predicted octanol–water partition coefficient (Wildman–Crippen LogP) is 25.0. The fraction of sp³-hybridized carbons (Fsp3) is 0.779. The van der Waals surface area contributed by atoms with Crippen LogP contribution in [0, 0.1) is 0 Å². The van der Waals surface area contributed by atoms with Crippen LogP contribution in [0.25, 0.3) is 0 Å². The summed E-state index contributed by atoms with van der Waals surface area (Å²) < 4.78 is 17.0. The fourth-order valence-corrected chi connectivity index (χ4v) is 10.5. The standard InChI is InChI=1S/C77H136O6/c1-4-7-10-13-16-19-22-25-28-31-33-35-36-37-38-39-40-42-43-46-49-52-55-58-61-64-67-70-76(79)82-73-74(72-81-75(78)69-66-63-60-57-54-51-48-45-30-27-24-21-18-15-12-9-6-3)83-77(80)71-68-65-62-59-56-53-50-47-44-41-34-32-29-26-23-20-17-14-11-8-5-2/h8,11,17,20,26-27,29-30,34,41,47,50,56,59,74H,4-7,9-10,12-16,18-19,21-25,28,31-33,35-40,42-46,48-49,51-55,57-58,60-73H2,1-3H3/b11-8-,20-17-,29-26-,30-27-,41-34-,50-47-,59-56-. The van der Waals surface area contributed by atoms with Crippen molar-refractivity contribution in [2.45, 2.75) is 374 Å². The predicted molar refractivity (Wildman–Crippen MR) is 362 cm³/mol. The molecule has 480 valence electrons. The van der Waals surface area contributed by atoms with Crippen molar-refractivity contribution in [1.82, 2.24) is 0 Å². The first-order valence-electron chi connectivity index (χ1n) is 36.1. The zero-order chi connectivity index (χ0) is 59.9. The highest BCUT2D eigenvalue weighted by molar-refractivity contribution is 5.71. The molecule has 6 heteroatoms. The number of ether oxygens (including phenoxy) is 3. The van der Waals surface area contributed by atoms with Crippen molar-refractivity contribution in [3.63, 3.8) is 0 Å². The third-order valence-electron chi connectivity index (χ3n) is 15.9. The molecule has 0 rings (SSSR count). The minimum absolute atomic E-state index is 0.0924. The van der Waals surface area contributed by atoms with E-state index in [9.17, 15) is 14.4 Å². The van der Waals surface area contributed by atoms with Gasteiger partial charge < -0.3 is 14.2 Å². The molecule has 6 nitrogen and oxygen atoms in total. The summed E-state index contributed by atoms with van der Waals surface area (Å²) in [7, 11) is 0. The summed E-state index contributed by atoms with van der Waals surface area (Å²) in [6.07, 6.45) is 94.8. The molecular weight excluding hydrogens is 1020 g/mol. The van der Waals surface area contributed by atoms with Crippen LogP contribution >= 0.6 is 0 Å². The third kappa shape index (κ3) is 69.3. The Morgan fingerprint density at radius 3 is 0.771 bits per heavy atom. The second-order valence-electron chi connectivity index (χ2n) is 24.1. The van der Waals surface area contributed by atoms with Crippen LogP contribution in [0.2, 0.25) is 0 Å². The lowest BCUT2D eigenvalue weighted by atomic mass is 10.0. The Hall–Kier alpha value is -3.41. The van der Waals surface area contributed by atoms with Crippen molar-refractivity contribution in [1.29, 1.82) is 0 Å². The summed E-state index contributed by atoms with van der Waals surface area (Å²) in [6, 6.07) is 0. The van der Waals surface area contributed by atoms with Gasteiger partial charge in [-0.3, -0.25) is 14.4 Å². The Labute approximate surface area is 515 Å². The topological polar surface area (TPSA) is 78.9 Å².